The maximum absolute atomic E-state index is 12.5. The van der Waals surface area contributed by atoms with Crippen LogP contribution in [0.5, 0.6) is 0 Å². The van der Waals surface area contributed by atoms with Crippen LogP contribution in [0.2, 0.25) is 0 Å². The van der Waals surface area contributed by atoms with Gasteiger partial charge >= 0.3 is 0 Å². The fourth-order valence-electron chi connectivity index (χ4n) is 2.02. The lowest BCUT2D eigenvalue weighted by Crippen LogP contribution is -2.03. The van der Waals surface area contributed by atoms with Crippen molar-refractivity contribution in [2.24, 2.45) is 0 Å². The van der Waals surface area contributed by atoms with Gasteiger partial charge in [-0.25, -0.2) is 0 Å². The molecule has 0 amide bonds. The number of rotatable bonds is 2. The first kappa shape index (κ1) is 13.5. The highest BCUT2D eigenvalue weighted by Crippen LogP contribution is 2.25. The second kappa shape index (κ2) is 5.46. The van der Waals surface area contributed by atoms with Crippen LogP contribution in [0.4, 0.5) is 0 Å². The lowest BCUT2D eigenvalue weighted by Gasteiger charge is -2.05. The Morgan fingerprint density at radius 3 is 2.60 bits per heavy atom. The number of carbonyl (C=O) groups excluding carboxylic acids is 1. The fraction of sp³-hybridized carbons (Fsp3) is 0. The van der Waals surface area contributed by atoms with E-state index in [-0.39, 0.29) is 5.78 Å². The van der Waals surface area contributed by atoms with Gasteiger partial charge in [0.2, 0.25) is 0 Å². The summed E-state index contributed by atoms with van der Waals surface area (Å²) < 4.78 is 1.70. The Kier molecular flexibility index (Phi) is 3.68. The number of nitrogens with zero attached hydrogens (tertiary/aromatic N) is 1. The van der Waals surface area contributed by atoms with Crippen molar-refractivity contribution in [2.75, 3.05) is 0 Å². The van der Waals surface area contributed by atoms with E-state index in [4.69, 9.17) is 0 Å². The lowest BCUT2D eigenvalue weighted by molar-refractivity contribution is 0.103. The van der Waals surface area contributed by atoms with Crippen LogP contribution >= 0.6 is 31.9 Å². The Bertz CT molecular complexity index is 814. The zero-order chi connectivity index (χ0) is 14.1. The maximum Gasteiger partial charge on any atom is 0.195 e. The van der Waals surface area contributed by atoms with Gasteiger partial charge in [0, 0.05) is 31.7 Å². The zero-order valence-corrected chi connectivity index (χ0v) is 13.5. The molecular weight excluding hydrogens is 382 g/mol. The molecule has 0 aliphatic carbocycles. The van der Waals surface area contributed by atoms with Crippen LogP contribution in [0.25, 0.3) is 10.9 Å². The Balaban J connectivity index is 2.08. The van der Waals surface area contributed by atoms with Gasteiger partial charge in [-0.3, -0.25) is 9.78 Å². The van der Waals surface area contributed by atoms with E-state index in [1.807, 2.05) is 42.5 Å². The summed E-state index contributed by atoms with van der Waals surface area (Å²) >= 11 is 6.80. The highest BCUT2D eigenvalue weighted by molar-refractivity contribution is 9.11. The van der Waals surface area contributed by atoms with E-state index in [1.165, 1.54) is 0 Å². The molecule has 0 bridgehead atoms. The molecule has 3 rings (SSSR count). The highest BCUT2D eigenvalue weighted by Gasteiger charge is 2.13. The molecule has 2 aromatic carbocycles. The van der Waals surface area contributed by atoms with E-state index < -0.39 is 0 Å². The van der Waals surface area contributed by atoms with Crippen molar-refractivity contribution in [3.63, 3.8) is 0 Å². The van der Waals surface area contributed by atoms with Gasteiger partial charge < -0.3 is 0 Å². The smallest absolute Gasteiger partial charge is 0.195 e. The molecule has 0 saturated heterocycles. The van der Waals surface area contributed by atoms with Gasteiger partial charge in [0.1, 0.15) is 0 Å². The van der Waals surface area contributed by atoms with E-state index in [9.17, 15) is 4.79 Å². The Morgan fingerprint density at radius 1 is 1.00 bits per heavy atom. The van der Waals surface area contributed by atoms with Crippen LogP contribution in [0.1, 0.15) is 15.9 Å². The molecule has 20 heavy (non-hydrogen) atoms. The molecule has 0 unspecified atom stereocenters. The van der Waals surface area contributed by atoms with Crippen molar-refractivity contribution in [3.05, 3.63) is 74.8 Å². The number of pyridine rings is 1. The molecule has 0 aliphatic rings. The van der Waals surface area contributed by atoms with E-state index in [2.05, 4.69) is 36.8 Å². The largest absolute Gasteiger partial charge is 0.289 e. The van der Waals surface area contributed by atoms with Crippen molar-refractivity contribution >= 4 is 48.5 Å². The molecule has 0 spiro atoms. The summed E-state index contributed by atoms with van der Waals surface area (Å²) in [4.78, 5) is 16.9. The third-order valence-electron chi connectivity index (χ3n) is 3.03. The minimum atomic E-state index is -0.0392. The summed E-state index contributed by atoms with van der Waals surface area (Å²) in [6, 6.07) is 15.1. The second-order valence-corrected chi connectivity index (χ2v) is 6.14. The normalized spacial score (nSPS) is 10.7. The predicted molar refractivity (Wildman–Crippen MR) is 87.0 cm³/mol. The monoisotopic (exact) mass is 389 g/mol. The van der Waals surface area contributed by atoms with E-state index in [0.717, 1.165) is 19.8 Å². The van der Waals surface area contributed by atoms with Crippen molar-refractivity contribution in [2.45, 2.75) is 0 Å². The minimum absolute atomic E-state index is 0.0392. The average Bonchev–Trinajstić information content (AvgIpc) is 2.46. The molecular formula is C16H9Br2NO. The van der Waals surface area contributed by atoms with Crippen LogP contribution in [0.15, 0.2) is 63.7 Å². The predicted octanol–water partition coefficient (Wildman–Crippen LogP) is 4.99. The van der Waals surface area contributed by atoms with Gasteiger partial charge in [-0.2, -0.15) is 0 Å². The number of ketones is 1. The topological polar surface area (TPSA) is 30.0 Å². The number of carbonyl (C=O) groups is 1. The third-order valence-corrected chi connectivity index (χ3v) is 4.18. The van der Waals surface area contributed by atoms with Crippen molar-refractivity contribution < 1.29 is 4.79 Å². The molecule has 0 aliphatic heterocycles. The Morgan fingerprint density at radius 2 is 1.80 bits per heavy atom. The maximum atomic E-state index is 12.5. The molecule has 1 aromatic heterocycles. The van der Waals surface area contributed by atoms with Crippen LogP contribution in [0, 0.1) is 0 Å². The van der Waals surface area contributed by atoms with Crippen LogP contribution in [-0.4, -0.2) is 10.8 Å². The van der Waals surface area contributed by atoms with Crippen LogP contribution in [-0.2, 0) is 0 Å². The number of hydrogen-bond acceptors (Lipinski definition) is 2. The molecule has 0 atom stereocenters. The second-order valence-electron chi connectivity index (χ2n) is 4.37. The minimum Gasteiger partial charge on any atom is -0.289 e. The molecule has 3 aromatic rings. The van der Waals surface area contributed by atoms with Gasteiger partial charge in [-0.05, 0) is 46.3 Å². The molecule has 1 heterocycles. The summed E-state index contributed by atoms with van der Waals surface area (Å²) in [5.41, 5.74) is 2.11. The number of aromatic nitrogens is 1. The molecule has 98 valence electrons. The standard InChI is InChI=1S/C16H9Br2NO/c17-12-5-6-13(14(18)8-12)16(20)11-7-10-3-1-2-4-15(10)19-9-11/h1-9H. The van der Waals surface area contributed by atoms with Gasteiger partial charge in [0.25, 0.3) is 0 Å². The fourth-order valence-corrected chi connectivity index (χ4v) is 3.25. The Labute approximate surface area is 133 Å². The highest BCUT2D eigenvalue weighted by atomic mass is 79.9. The van der Waals surface area contributed by atoms with Crippen molar-refractivity contribution in [3.8, 4) is 0 Å². The lowest BCUT2D eigenvalue weighted by atomic mass is 10.0. The zero-order valence-electron chi connectivity index (χ0n) is 10.3. The first-order valence-corrected chi connectivity index (χ1v) is 7.58. The number of benzene rings is 2. The number of halogens is 2. The third kappa shape index (κ3) is 2.53. The first-order chi connectivity index (χ1) is 9.65. The molecule has 4 heteroatoms. The molecule has 0 radical (unpaired) electrons. The van der Waals surface area contributed by atoms with Crippen LogP contribution < -0.4 is 0 Å². The van der Waals surface area contributed by atoms with Crippen molar-refractivity contribution in [1.82, 2.24) is 4.98 Å². The Hall–Kier alpha value is -1.52. The summed E-state index contributed by atoms with van der Waals surface area (Å²) in [7, 11) is 0. The van der Waals surface area contributed by atoms with Gasteiger partial charge in [-0.15, -0.1) is 0 Å². The van der Waals surface area contributed by atoms with Gasteiger partial charge in [0.15, 0.2) is 5.78 Å². The van der Waals surface area contributed by atoms with Gasteiger partial charge in [0.05, 0.1) is 5.52 Å². The molecule has 0 saturated carbocycles. The van der Waals surface area contributed by atoms with Gasteiger partial charge in [-0.1, -0.05) is 34.1 Å². The molecule has 2 nitrogen and oxygen atoms in total. The van der Waals surface area contributed by atoms with Crippen LogP contribution in [0.3, 0.4) is 0 Å². The van der Waals surface area contributed by atoms with Crippen molar-refractivity contribution in [1.29, 1.82) is 0 Å². The number of fused-ring (bicyclic) bond motifs is 1. The number of hydrogen-bond donors (Lipinski definition) is 0. The molecule has 0 N–H and O–H groups in total. The quantitative estimate of drug-likeness (QED) is 0.577. The number of para-hydroxylation sites is 1. The van der Waals surface area contributed by atoms with E-state index in [0.29, 0.717) is 11.1 Å². The summed E-state index contributed by atoms with van der Waals surface area (Å²) in [5, 5.41) is 0.964. The summed E-state index contributed by atoms with van der Waals surface area (Å²) in [6.45, 7) is 0. The summed E-state index contributed by atoms with van der Waals surface area (Å²) in [5.74, 6) is -0.0392. The average molecular weight is 391 g/mol. The first-order valence-electron chi connectivity index (χ1n) is 6.00. The summed E-state index contributed by atoms with van der Waals surface area (Å²) in [6.07, 6.45) is 1.62. The molecule has 0 fully saturated rings. The van der Waals surface area contributed by atoms with E-state index >= 15 is 0 Å². The SMILES string of the molecule is O=C(c1cnc2ccccc2c1)c1ccc(Br)cc1Br. The van der Waals surface area contributed by atoms with E-state index in [1.54, 1.807) is 12.3 Å².